The van der Waals surface area contributed by atoms with Crippen molar-refractivity contribution in [2.24, 2.45) is 0 Å². The van der Waals surface area contributed by atoms with E-state index in [1.54, 1.807) is 6.07 Å². The number of nitrogens with zero attached hydrogens (tertiary/aromatic N) is 3. The monoisotopic (exact) mass is 347 g/mol. The van der Waals surface area contributed by atoms with E-state index in [9.17, 15) is 13.2 Å². The van der Waals surface area contributed by atoms with E-state index in [0.717, 1.165) is 49.3 Å². The van der Waals surface area contributed by atoms with Crippen molar-refractivity contribution < 1.29 is 17.7 Å². The fourth-order valence-electron chi connectivity index (χ4n) is 3.36. The molecule has 0 amide bonds. The van der Waals surface area contributed by atoms with Gasteiger partial charge in [0.1, 0.15) is 17.5 Å². The average molecular weight is 347 g/mol. The zero-order chi connectivity index (χ0) is 17.4. The summed E-state index contributed by atoms with van der Waals surface area (Å²) >= 11 is 0. The van der Waals surface area contributed by atoms with Crippen LogP contribution in [0.15, 0.2) is 35.0 Å². The predicted molar refractivity (Wildman–Crippen MR) is 85.4 cm³/mol. The Morgan fingerprint density at radius 3 is 2.64 bits per heavy atom. The number of pyridine rings is 1. The van der Waals surface area contributed by atoms with Gasteiger partial charge in [0.25, 0.3) is 0 Å². The molecule has 1 fully saturated rings. The van der Waals surface area contributed by atoms with Crippen LogP contribution in [-0.2, 0) is 6.54 Å². The summed E-state index contributed by atoms with van der Waals surface area (Å²) in [5, 5.41) is 4.96. The van der Waals surface area contributed by atoms with Crippen molar-refractivity contribution in [1.29, 1.82) is 0 Å². The number of fused-ring (bicyclic) bond motifs is 1. The molecule has 0 spiro atoms. The molecule has 0 aliphatic carbocycles. The minimum atomic E-state index is -0.672. The first-order valence-corrected chi connectivity index (χ1v) is 8.17. The number of piperidine rings is 1. The van der Waals surface area contributed by atoms with Crippen molar-refractivity contribution in [2.75, 3.05) is 13.1 Å². The SMILES string of the molecule is Fc1cnc(CN2CCC(c3noc4cc(F)ccc34)CC2)c(F)c1. The van der Waals surface area contributed by atoms with Gasteiger partial charge in [-0.05, 0) is 38.1 Å². The van der Waals surface area contributed by atoms with E-state index >= 15 is 0 Å². The summed E-state index contributed by atoms with van der Waals surface area (Å²) in [5.41, 5.74) is 1.55. The van der Waals surface area contributed by atoms with Gasteiger partial charge in [0.2, 0.25) is 0 Å². The van der Waals surface area contributed by atoms with Gasteiger partial charge in [-0.3, -0.25) is 9.88 Å². The topological polar surface area (TPSA) is 42.2 Å². The molecular formula is C18H16F3N3O. The van der Waals surface area contributed by atoms with Crippen LogP contribution in [-0.4, -0.2) is 28.1 Å². The van der Waals surface area contributed by atoms with Gasteiger partial charge in [0.05, 0.1) is 17.6 Å². The Kier molecular flexibility index (Phi) is 4.17. The van der Waals surface area contributed by atoms with Gasteiger partial charge in [-0.1, -0.05) is 5.16 Å². The smallest absolute Gasteiger partial charge is 0.170 e. The van der Waals surface area contributed by atoms with Crippen LogP contribution in [0.5, 0.6) is 0 Å². The Morgan fingerprint density at radius 2 is 1.88 bits per heavy atom. The van der Waals surface area contributed by atoms with Gasteiger partial charge in [-0.15, -0.1) is 0 Å². The Labute approximate surface area is 142 Å². The van der Waals surface area contributed by atoms with E-state index in [4.69, 9.17) is 4.52 Å². The van der Waals surface area contributed by atoms with E-state index in [0.29, 0.717) is 12.1 Å². The van der Waals surface area contributed by atoms with E-state index in [2.05, 4.69) is 15.0 Å². The second kappa shape index (κ2) is 6.48. The van der Waals surface area contributed by atoms with Crippen LogP contribution >= 0.6 is 0 Å². The molecule has 3 aromatic rings. The Bertz CT molecular complexity index is 904. The van der Waals surface area contributed by atoms with Crippen molar-refractivity contribution in [3.8, 4) is 0 Å². The van der Waals surface area contributed by atoms with Crippen molar-refractivity contribution >= 4 is 11.0 Å². The molecule has 4 rings (SSSR count). The molecule has 2 aromatic heterocycles. The Hall–Kier alpha value is -2.41. The highest BCUT2D eigenvalue weighted by molar-refractivity contribution is 5.79. The number of rotatable bonds is 3. The quantitative estimate of drug-likeness (QED) is 0.718. The predicted octanol–water partition coefficient (Wildman–Crippen LogP) is 4.02. The van der Waals surface area contributed by atoms with Crippen LogP contribution in [0.2, 0.25) is 0 Å². The number of halogens is 3. The van der Waals surface area contributed by atoms with Gasteiger partial charge in [-0.25, -0.2) is 13.2 Å². The molecule has 1 aliphatic heterocycles. The standard InChI is InChI=1S/C18H16F3N3O/c19-12-1-2-14-17(8-12)25-23-18(14)11-3-5-24(6-4-11)10-16-15(21)7-13(20)9-22-16/h1-2,7-9,11H,3-6,10H2. The second-order valence-corrected chi connectivity index (χ2v) is 6.34. The summed E-state index contributed by atoms with van der Waals surface area (Å²) in [5.74, 6) is -1.42. The number of aromatic nitrogens is 2. The van der Waals surface area contributed by atoms with Crippen molar-refractivity contribution in [3.63, 3.8) is 0 Å². The van der Waals surface area contributed by atoms with Crippen LogP contribution in [0.3, 0.4) is 0 Å². The summed E-state index contributed by atoms with van der Waals surface area (Å²) in [6.07, 6.45) is 2.70. The highest BCUT2D eigenvalue weighted by atomic mass is 19.1. The zero-order valence-corrected chi connectivity index (χ0v) is 13.4. The molecular weight excluding hydrogens is 331 g/mol. The number of likely N-dealkylation sites (tertiary alicyclic amines) is 1. The maximum atomic E-state index is 13.7. The highest BCUT2D eigenvalue weighted by Gasteiger charge is 2.25. The maximum absolute atomic E-state index is 13.7. The first-order chi connectivity index (χ1) is 12.1. The molecule has 0 unspecified atom stereocenters. The van der Waals surface area contributed by atoms with E-state index in [1.165, 1.54) is 12.1 Å². The van der Waals surface area contributed by atoms with Crippen LogP contribution < -0.4 is 0 Å². The molecule has 0 atom stereocenters. The molecule has 130 valence electrons. The molecule has 0 bridgehead atoms. The summed E-state index contributed by atoms with van der Waals surface area (Å²) in [4.78, 5) is 5.92. The van der Waals surface area contributed by atoms with E-state index in [1.807, 2.05) is 0 Å². The van der Waals surface area contributed by atoms with Crippen LogP contribution in [0.25, 0.3) is 11.0 Å². The largest absolute Gasteiger partial charge is 0.356 e. The number of hydrogen-bond acceptors (Lipinski definition) is 4. The van der Waals surface area contributed by atoms with Gasteiger partial charge in [0, 0.05) is 30.0 Å². The highest BCUT2D eigenvalue weighted by Crippen LogP contribution is 2.33. The van der Waals surface area contributed by atoms with Crippen LogP contribution in [0.1, 0.15) is 30.1 Å². The second-order valence-electron chi connectivity index (χ2n) is 6.34. The molecule has 0 N–H and O–H groups in total. The minimum absolute atomic E-state index is 0.217. The third-order valence-electron chi connectivity index (χ3n) is 4.69. The zero-order valence-electron chi connectivity index (χ0n) is 13.4. The lowest BCUT2D eigenvalue weighted by atomic mass is 9.91. The molecule has 7 heteroatoms. The van der Waals surface area contributed by atoms with Gasteiger partial charge < -0.3 is 4.52 Å². The fraction of sp³-hybridized carbons (Fsp3) is 0.333. The lowest BCUT2D eigenvalue weighted by Gasteiger charge is -2.30. The fourth-order valence-corrected chi connectivity index (χ4v) is 3.36. The molecule has 25 heavy (non-hydrogen) atoms. The first-order valence-electron chi connectivity index (χ1n) is 8.17. The lowest BCUT2D eigenvalue weighted by molar-refractivity contribution is 0.197. The van der Waals surface area contributed by atoms with Gasteiger partial charge in [-0.2, -0.15) is 0 Å². The maximum Gasteiger partial charge on any atom is 0.170 e. The van der Waals surface area contributed by atoms with E-state index in [-0.39, 0.29) is 17.4 Å². The normalized spacial score (nSPS) is 16.6. The molecule has 1 saturated heterocycles. The number of hydrogen-bond donors (Lipinski definition) is 0. The molecule has 1 aromatic carbocycles. The summed E-state index contributed by atoms with van der Waals surface area (Å²) in [6, 6.07) is 5.29. The molecule has 4 nitrogen and oxygen atoms in total. The third kappa shape index (κ3) is 3.24. The summed E-state index contributed by atoms with van der Waals surface area (Å²) in [7, 11) is 0. The lowest BCUT2D eigenvalue weighted by Crippen LogP contribution is -2.33. The molecule has 3 heterocycles. The third-order valence-corrected chi connectivity index (χ3v) is 4.69. The Morgan fingerprint density at radius 1 is 1.08 bits per heavy atom. The van der Waals surface area contributed by atoms with Crippen molar-refractivity contribution in [3.05, 3.63) is 59.3 Å². The van der Waals surface area contributed by atoms with E-state index < -0.39 is 11.6 Å². The van der Waals surface area contributed by atoms with Crippen LogP contribution in [0, 0.1) is 17.5 Å². The Balaban J connectivity index is 1.44. The van der Waals surface area contributed by atoms with Crippen LogP contribution in [0.4, 0.5) is 13.2 Å². The summed E-state index contributed by atoms with van der Waals surface area (Å²) in [6.45, 7) is 1.85. The van der Waals surface area contributed by atoms with Gasteiger partial charge >= 0.3 is 0 Å². The van der Waals surface area contributed by atoms with Crippen molar-refractivity contribution in [2.45, 2.75) is 25.3 Å². The van der Waals surface area contributed by atoms with Crippen molar-refractivity contribution in [1.82, 2.24) is 15.0 Å². The summed E-state index contributed by atoms with van der Waals surface area (Å²) < 4.78 is 45.1. The minimum Gasteiger partial charge on any atom is -0.356 e. The first kappa shape index (κ1) is 16.1. The number of benzene rings is 1. The molecule has 0 saturated carbocycles. The average Bonchev–Trinajstić information content (AvgIpc) is 3.01. The molecule has 0 radical (unpaired) electrons. The molecule has 1 aliphatic rings. The van der Waals surface area contributed by atoms with Gasteiger partial charge in [0.15, 0.2) is 5.58 Å².